The number of rotatable bonds is 1. The number of fused-ring (bicyclic) bond motifs is 1. The van der Waals surface area contributed by atoms with Gasteiger partial charge >= 0.3 is 5.97 Å². The van der Waals surface area contributed by atoms with E-state index < -0.39 is 5.97 Å². The van der Waals surface area contributed by atoms with E-state index in [-0.39, 0.29) is 18.2 Å². The average Bonchev–Trinajstić information content (AvgIpc) is 2.56. The fourth-order valence-electron chi connectivity index (χ4n) is 1.12. The summed E-state index contributed by atoms with van der Waals surface area (Å²) >= 11 is 0. The van der Waals surface area contributed by atoms with E-state index in [1.165, 1.54) is 0 Å². The van der Waals surface area contributed by atoms with E-state index in [0.717, 1.165) is 0 Å². The minimum Gasteiger partial charge on any atom is -0.481 e. The zero-order chi connectivity index (χ0) is 12.1. The van der Waals surface area contributed by atoms with Crippen molar-refractivity contribution in [2.45, 2.75) is 13.3 Å². The topological polar surface area (TPSA) is 83.5 Å². The van der Waals surface area contributed by atoms with Crippen LogP contribution in [0.25, 0.3) is 0 Å². The van der Waals surface area contributed by atoms with Crippen LogP contribution in [0.1, 0.15) is 34.1 Å². The highest BCUT2D eigenvalue weighted by molar-refractivity contribution is 6.21. The van der Waals surface area contributed by atoms with Gasteiger partial charge in [-0.3, -0.25) is 19.7 Å². The number of amides is 2. The van der Waals surface area contributed by atoms with E-state index >= 15 is 0 Å². The van der Waals surface area contributed by atoms with E-state index in [1.807, 2.05) is 0 Å². The van der Waals surface area contributed by atoms with Crippen molar-refractivity contribution in [1.29, 1.82) is 0 Å². The second kappa shape index (κ2) is 5.06. The number of imide groups is 1. The van der Waals surface area contributed by atoms with Crippen molar-refractivity contribution in [3.8, 4) is 0 Å². The fourth-order valence-corrected chi connectivity index (χ4v) is 1.12. The van der Waals surface area contributed by atoms with Crippen molar-refractivity contribution in [1.82, 2.24) is 5.32 Å². The Morgan fingerprint density at radius 3 is 1.88 bits per heavy atom. The first-order chi connectivity index (χ1) is 7.56. The van der Waals surface area contributed by atoms with E-state index in [9.17, 15) is 14.4 Å². The lowest BCUT2D eigenvalue weighted by Crippen LogP contribution is -2.19. The number of carbonyl (C=O) groups is 3. The molecule has 1 aliphatic rings. The molecule has 16 heavy (non-hydrogen) atoms. The van der Waals surface area contributed by atoms with Crippen LogP contribution in [0, 0.1) is 0 Å². The summed E-state index contributed by atoms with van der Waals surface area (Å²) in [5.41, 5.74) is 0.940. The lowest BCUT2D eigenvalue weighted by atomic mass is 10.1. The Labute approximate surface area is 92.1 Å². The van der Waals surface area contributed by atoms with Crippen LogP contribution in [0.15, 0.2) is 24.3 Å². The minimum atomic E-state index is -0.745. The molecule has 0 unspecified atom stereocenters. The minimum absolute atomic E-state index is 0.222. The van der Waals surface area contributed by atoms with Crippen LogP contribution in [0.4, 0.5) is 0 Å². The zero-order valence-corrected chi connectivity index (χ0v) is 8.69. The average molecular weight is 221 g/mol. The number of carbonyl (C=O) groups excluding carboxylic acids is 2. The summed E-state index contributed by atoms with van der Waals surface area (Å²) in [5, 5.41) is 9.93. The van der Waals surface area contributed by atoms with Crippen LogP contribution in [0.5, 0.6) is 0 Å². The van der Waals surface area contributed by atoms with E-state index in [1.54, 1.807) is 31.2 Å². The number of hydrogen-bond acceptors (Lipinski definition) is 3. The fraction of sp³-hybridized carbons (Fsp3) is 0.182. The molecule has 2 rings (SSSR count). The number of hydrogen-bond donors (Lipinski definition) is 2. The summed E-state index contributed by atoms with van der Waals surface area (Å²) in [5.74, 6) is -1.35. The van der Waals surface area contributed by atoms with Crippen molar-refractivity contribution in [3.05, 3.63) is 35.4 Å². The number of benzene rings is 1. The standard InChI is InChI=1S/C8H5NO2.C3H6O2/c10-7-5-3-1-2-4-6(5)8(11)9-7;1-2-3(4)5/h1-4H,(H,9,10,11);2H2,1H3,(H,4,5). The molecular weight excluding hydrogens is 210 g/mol. The van der Waals surface area contributed by atoms with Gasteiger partial charge in [-0.1, -0.05) is 19.1 Å². The first-order valence-corrected chi connectivity index (χ1v) is 4.72. The molecule has 1 aromatic carbocycles. The molecule has 0 fully saturated rings. The number of carboxylic acids is 1. The smallest absolute Gasteiger partial charge is 0.303 e. The van der Waals surface area contributed by atoms with Crippen LogP contribution >= 0.6 is 0 Å². The third-order valence-electron chi connectivity index (χ3n) is 1.95. The third kappa shape index (κ3) is 2.66. The van der Waals surface area contributed by atoms with Gasteiger partial charge < -0.3 is 5.11 Å². The van der Waals surface area contributed by atoms with E-state index in [4.69, 9.17) is 5.11 Å². The van der Waals surface area contributed by atoms with Crippen molar-refractivity contribution in [2.75, 3.05) is 0 Å². The molecule has 0 spiro atoms. The molecule has 0 saturated carbocycles. The van der Waals surface area contributed by atoms with Gasteiger partial charge in [0.25, 0.3) is 11.8 Å². The van der Waals surface area contributed by atoms with Crippen molar-refractivity contribution in [3.63, 3.8) is 0 Å². The molecular formula is C11H11NO4. The predicted octanol–water partition coefficient (Wildman–Crippen LogP) is 1.05. The molecule has 0 atom stereocenters. The molecule has 2 N–H and O–H groups in total. The van der Waals surface area contributed by atoms with Gasteiger partial charge in [0, 0.05) is 6.42 Å². The number of nitrogens with one attached hydrogen (secondary N) is 1. The first-order valence-electron chi connectivity index (χ1n) is 4.72. The predicted molar refractivity (Wildman–Crippen MR) is 56.2 cm³/mol. The Kier molecular flexibility index (Phi) is 3.77. The van der Waals surface area contributed by atoms with Crippen LogP contribution < -0.4 is 5.32 Å². The maximum atomic E-state index is 10.9. The van der Waals surface area contributed by atoms with Crippen LogP contribution in [0.2, 0.25) is 0 Å². The van der Waals surface area contributed by atoms with Gasteiger partial charge in [-0.25, -0.2) is 0 Å². The van der Waals surface area contributed by atoms with Gasteiger partial charge in [0.15, 0.2) is 0 Å². The highest BCUT2D eigenvalue weighted by atomic mass is 16.4. The zero-order valence-electron chi connectivity index (χ0n) is 8.69. The summed E-state index contributed by atoms with van der Waals surface area (Å²) in [6.07, 6.45) is 0.222. The summed E-state index contributed by atoms with van der Waals surface area (Å²) in [7, 11) is 0. The van der Waals surface area contributed by atoms with Crippen molar-refractivity contribution < 1.29 is 19.5 Å². The summed E-state index contributed by atoms with van der Waals surface area (Å²) in [6, 6.07) is 6.74. The Hall–Kier alpha value is -2.17. The molecule has 0 aliphatic carbocycles. The second-order valence-electron chi connectivity index (χ2n) is 3.08. The van der Waals surface area contributed by atoms with Crippen LogP contribution in [0.3, 0.4) is 0 Å². The Morgan fingerprint density at radius 2 is 1.56 bits per heavy atom. The molecule has 1 heterocycles. The first kappa shape index (κ1) is 11.9. The van der Waals surface area contributed by atoms with Crippen molar-refractivity contribution in [2.24, 2.45) is 0 Å². The molecule has 1 aromatic rings. The molecule has 5 heteroatoms. The van der Waals surface area contributed by atoms with Crippen LogP contribution in [-0.4, -0.2) is 22.9 Å². The monoisotopic (exact) mass is 221 g/mol. The normalized spacial score (nSPS) is 12.3. The molecule has 5 nitrogen and oxygen atoms in total. The van der Waals surface area contributed by atoms with Gasteiger partial charge in [0.2, 0.25) is 0 Å². The van der Waals surface area contributed by atoms with Gasteiger partial charge in [-0.15, -0.1) is 0 Å². The highest BCUT2D eigenvalue weighted by Gasteiger charge is 2.25. The van der Waals surface area contributed by atoms with Gasteiger partial charge in [-0.2, -0.15) is 0 Å². The lowest BCUT2D eigenvalue weighted by molar-refractivity contribution is -0.136. The Balaban J connectivity index is 0.000000221. The Morgan fingerprint density at radius 1 is 1.19 bits per heavy atom. The quantitative estimate of drug-likeness (QED) is 0.694. The Bertz CT molecular complexity index is 406. The molecule has 0 bridgehead atoms. The van der Waals surface area contributed by atoms with Gasteiger partial charge in [0.1, 0.15) is 0 Å². The lowest BCUT2D eigenvalue weighted by Gasteiger charge is -1.88. The van der Waals surface area contributed by atoms with Gasteiger partial charge in [-0.05, 0) is 12.1 Å². The molecule has 84 valence electrons. The molecule has 0 aromatic heterocycles. The van der Waals surface area contributed by atoms with E-state index in [2.05, 4.69) is 5.32 Å². The third-order valence-corrected chi connectivity index (χ3v) is 1.95. The maximum absolute atomic E-state index is 10.9. The van der Waals surface area contributed by atoms with Gasteiger partial charge in [0.05, 0.1) is 11.1 Å². The summed E-state index contributed by atoms with van der Waals surface area (Å²) in [6.45, 7) is 1.60. The summed E-state index contributed by atoms with van der Waals surface area (Å²) < 4.78 is 0. The molecule has 0 radical (unpaired) electrons. The molecule has 0 saturated heterocycles. The number of carboxylic acid groups (broad SMARTS) is 1. The van der Waals surface area contributed by atoms with Crippen molar-refractivity contribution >= 4 is 17.8 Å². The molecule has 1 aliphatic heterocycles. The van der Waals surface area contributed by atoms with E-state index in [0.29, 0.717) is 11.1 Å². The summed E-state index contributed by atoms with van der Waals surface area (Å²) in [4.78, 5) is 31.3. The molecule has 2 amide bonds. The second-order valence-corrected chi connectivity index (χ2v) is 3.08. The van der Waals surface area contributed by atoms with Crippen LogP contribution in [-0.2, 0) is 4.79 Å². The highest BCUT2D eigenvalue weighted by Crippen LogP contribution is 2.13. The number of aliphatic carboxylic acids is 1. The largest absolute Gasteiger partial charge is 0.481 e. The maximum Gasteiger partial charge on any atom is 0.303 e. The SMILES string of the molecule is CCC(=O)O.O=C1NC(=O)c2ccccc21.